The van der Waals surface area contributed by atoms with Crippen LogP contribution in [0.5, 0.6) is 0 Å². The number of halogens is 1. The van der Waals surface area contributed by atoms with Crippen LogP contribution < -0.4 is 5.32 Å². The van der Waals surface area contributed by atoms with Crippen LogP contribution in [0.1, 0.15) is 16.1 Å². The molecule has 0 saturated carbocycles. The third kappa shape index (κ3) is 2.95. The van der Waals surface area contributed by atoms with Gasteiger partial charge in [-0.25, -0.2) is 9.18 Å². The minimum atomic E-state index is -1.04. The third-order valence-electron chi connectivity index (χ3n) is 3.37. The molecule has 0 unspecified atom stereocenters. The van der Waals surface area contributed by atoms with Gasteiger partial charge in [-0.1, -0.05) is 6.07 Å². The lowest BCUT2D eigenvalue weighted by molar-refractivity contribution is 0.0699. The summed E-state index contributed by atoms with van der Waals surface area (Å²) in [5.74, 6) is -1.43. The van der Waals surface area contributed by atoms with Gasteiger partial charge in [0.1, 0.15) is 16.4 Å². The van der Waals surface area contributed by atoms with E-state index in [9.17, 15) is 14.3 Å². The Morgan fingerprint density at radius 1 is 1.39 bits per heavy atom. The van der Waals surface area contributed by atoms with Crippen LogP contribution in [-0.2, 0) is 7.05 Å². The molecule has 0 radical (unpaired) electrons. The van der Waals surface area contributed by atoms with Gasteiger partial charge in [0.15, 0.2) is 0 Å². The van der Waals surface area contributed by atoms with Gasteiger partial charge in [-0.05, 0) is 31.2 Å². The number of thiophene rings is 1. The summed E-state index contributed by atoms with van der Waals surface area (Å²) in [4.78, 5) is 11.7. The van der Waals surface area contributed by atoms with Crippen LogP contribution in [0.3, 0.4) is 0 Å². The molecule has 0 aliphatic carbocycles. The molecule has 2 N–H and O–H groups in total. The van der Waals surface area contributed by atoms with Crippen molar-refractivity contribution >= 4 is 28.0 Å². The summed E-state index contributed by atoms with van der Waals surface area (Å²) >= 11 is 1.26. The number of rotatable bonds is 4. The molecule has 3 rings (SSSR count). The summed E-state index contributed by atoms with van der Waals surface area (Å²) in [6.45, 7) is 1.85. The Bertz CT molecular complexity index is 885. The van der Waals surface area contributed by atoms with E-state index < -0.39 is 5.97 Å². The minimum Gasteiger partial charge on any atom is -0.478 e. The number of aromatic nitrogens is 2. The molecule has 7 heteroatoms. The second-order valence-electron chi connectivity index (χ2n) is 5.09. The number of aryl methyl sites for hydroxylation is 2. The Morgan fingerprint density at radius 3 is 2.78 bits per heavy atom. The van der Waals surface area contributed by atoms with Crippen LogP contribution in [0.15, 0.2) is 35.7 Å². The van der Waals surface area contributed by atoms with Gasteiger partial charge in [0.25, 0.3) is 0 Å². The molecule has 2 aromatic heterocycles. The molecular weight excluding hydrogens is 317 g/mol. The van der Waals surface area contributed by atoms with E-state index in [1.807, 2.05) is 13.0 Å². The van der Waals surface area contributed by atoms with Gasteiger partial charge in [0.05, 0.1) is 11.4 Å². The van der Waals surface area contributed by atoms with Crippen LogP contribution in [0.4, 0.5) is 15.1 Å². The third-order valence-corrected chi connectivity index (χ3v) is 4.26. The van der Waals surface area contributed by atoms with Crippen molar-refractivity contribution in [2.75, 3.05) is 5.32 Å². The normalized spacial score (nSPS) is 10.7. The lowest BCUT2D eigenvalue weighted by atomic mass is 10.1. The van der Waals surface area contributed by atoms with E-state index in [1.54, 1.807) is 29.2 Å². The molecule has 23 heavy (non-hydrogen) atoms. The first-order valence-corrected chi connectivity index (χ1v) is 7.72. The van der Waals surface area contributed by atoms with Gasteiger partial charge in [0.2, 0.25) is 0 Å². The molecule has 0 aliphatic rings. The fraction of sp³-hybridized carbons (Fsp3) is 0.125. The van der Waals surface area contributed by atoms with E-state index in [0.29, 0.717) is 16.3 Å². The number of hydrogen-bond donors (Lipinski definition) is 2. The molecule has 1 aromatic carbocycles. The lowest BCUT2D eigenvalue weighted by Crippen LogP contribution is -2.03. The summed E-state index contributed by atoms with van der Waals surface area (Å²) in [7, 11) is 1.77. The van der Waals surface area contributed by atoms with Crippen molar-refractivity contribution in [1.29, 1.82) is 0 Å². The Kier molecular flexibility index (Phi) is 3.87. The summed E-state index contributed by atoms with van der Waals surface area (Å²) in [5.41, 5.74) is 2.78. The largest absolute Gasteiger partial charge is 0.478 e. The number of anilines is 2. The molecule has 2 heterocycles. The monoisotopic (exact) mass is 331 g/mol. The van der Waals surface area contributed by atoms with E-state index in [-0.39, 0.29) is 11.4 Å². The van der Waals surface area contributed by atoms with Crippen LogP contribution in [-0.4, -0.2) is 20.9 Å². The number of benzene rings is 1. The predicted molar refractivity (Wildman–Crippen MR) is 87.9 cm³/mol. The molecule has 0 fully saturated rings. The zero-order valence-corrected chi connectivity index (χ0v) is 13.3. The SMILES string of the molecule is Cc1cc(-c2csc(Nc3cccc(F)c3)c2C(=O)O)n(C)n1. The van der Waals surface area contributed by atoms with Gasteiger partial charge in [0, 0.05) is 23.7 Å². The molecule has 0 atom stereocenters. The molecule has 0 saturated heterocycles. The van der Waals surface area contributed by atoms with Gasteiger partial charge in [-0.2, -0.15) is 5.10 Å². The van der Waals surface area contributed by atoms with E-state index >= 15 is 0 Å². The molecule has 0 aliphatic heterocycles. The maximum atomic E-state index is 13.3. The first-order chi connectivity index (χ1) is 11.0. The summed E-state index contributed by atoms with van der Waals surface area (Å²) < 4.78 is 14.9. The highest BCUT2D eigenvalue weighted by atomic mass is 32.1. The van der Waals surface area contributed by atoms with E-state index in [2.05, 4.69) is 10.4 Å². The number of aromatic carboxylic acids is 1. The van der Waals surface area contributed by atoms with Crippen molar-refractivity contribution in [2.24, 2.45) is 7.05 Å². The van der Waals surface area contributed by atoms with E-state index in [0.717, 1.165) is 11.4 Å². The molecule has 5 nitrogen and oxygen atoms in total. The molecule has 3 aromatic rings. The number of nitrogens with zero attached hydrogens (tertiary/aromatic N) is 2. The van der Waals surface area contributed by atoms with Gasteiger partial charge in [-0.3, -0.25) is 4.68 Å². The first-order valence-electron chi connectivity index (χ1n) is 6.84. The van der Waals surface area contributed by atoms with Crippen LogP contribution in [0.2, 0.25) is 0 Å². The maximum Gasteiger partial charge on any atom is 0.339 e. The summed E-state index contributed by atoms with van der Waals surface area (Å²) in [6.07, 6.45) is 0. The average Bonchev–Trinajstić information content (AvgIpc) is 3.02. The van der Waals surface area contributed by atoms with Crippen molar-refractivity contribution in [3.05, 3.63) is 52.8 Å². The Balaban J connectivity index is 2.06. The predicted octanol–water partition coefficient (Wildman–Crippen LogP) is 4.04. The molecule has 118 valence electrons. The number of nitrogens with one attached hydrogen (secondary N) is 1. The molecule has 0 bridgehead atoms. The van der Waals surface area contributed by atoms with E-state index in [1.165, 1.54) is 23.5 Å². The topological polar surface area (TPSA) is 67.2 Å². The van der Waals surface area contributed by atoms with Crippen LogP contribution >= 0.6 is 11.3 Å². The highest BCUT2D eigenvalue weighted by Crippen LogP contribution is 2.37. The lowest BCUT2D eigenvalue weighted by Gasteiger charge is -2.07. The quantitative estimate of drug-likeness (QED) is 0.757. The van der Waals surface area contributed by atoms with Crippen molar-refractivity contribution in [2.45, 2.75) is 6.92 Å². The van der Waals surface area contributed by atoms with Crippen LogP contribution in [0, 0.1) is 12.7 Å². The zero-order valence-electron chi connectivity index (χ0n) is 12.5. The average molecular weight is 331 g/mol. The Hall–Kier alpha value is -2.67. The first kappa shape index (κ1) is 15.2. The highest BCUT2D eigenvalue weighted by Gasteiger charge is 2.22. The van der Waals surface area contributed by atoms with Crippen molar-refractivity contribution < 1.29 is 14.3 Å². The zero-order chi connectivity index (χ0) is 16.6. The number of carboxylic acid groups (broad SMARTS) is 1. The Labute approximate surface area is 136 Å². The van der Waals surface area contributed by atoms with Crippen molar-refractivity contribution in [3.8, 4) is 11.3 Å². The minimum absolute atomic E-state index is 0.155. The summed E-state index contributed by atoms with van der Waals surface area (Å²) in [5, 5.41) is 19.0. The fourth-order valence-corrected chi connectivity index (χ4v) is 3.38. The van der Waals surface area contributed by atoms with Gasteiger partial charge in [-0.15, -0.1) is 11.3 Å². The number of carbonyl (C=O) groups is 1. The highest BCUT2D eigenvalue weighted by molar-refractivity contribution is 7.15. The van der Waals surface area contributed by atoms with Crippen molar-refractivity contribution in [1.82, 2.24) is 9.78 Å². The van der Waals surface area contributed by atoms with Gasteiger partial charge < -0.3 is 10.4 Å². The maximum absolute atomic E-state index is 13.3. The smallest absolute Gasteiger partial charge is 0.339 e. The van der Waals surface area contributed by atoms with E-state index in [4.69, 9.17) is 0 Å². The van der Waals surface area contributed by atoms with Crippen LogP contribution in [0.25, 0.3) is 11.3 Å². The Morgan fingerprint density at radius 2 is 2.17 bits per heavy atom. The molecule has 0 amide bonds. The molecular formula is C16H14FN3O2S. The fourth-order valence-electron chi connectivity index (χ4n) is 2.41. The summed E-state index contributed by atoms with van der Waals surface area (Å²) in [6, 6.07) is 7.74. The standard InChI is InChI=1S/C16H14FN3O2S/c1-9-6-13(20(2)19-9)12-8-23-15(14(12)16(21)22)18-11-5-3-4-10(17)7-11/h3-8,18H,1-2H3,(H,21,22). The molecule has 0 spiro atoms. The second-order valence-corrected chi connectivity index (χ2v) is 5.97. The number of hydrogen-bond acceptors (Lipinski definition) is 4. The second kappa shape index (κ2) is 5.85. The number of carboxylic acids is 1. The van der Waals surface area contributed by atoms with Gasteiger partial charge >= 0.3 is 5.97 Å². The van der Waals surface area contributed by atoms with Crippen molar-refractivity contribution in [3.63, 3.8) is 0 Å².